The summed E-state index contributed by atoms with van der Waals surface area (Å²) in [6.45, 7) is 0. The average Bonchev–Trinajstić information content (AvgIpc) is 2.69. The lowest BCUT2D eigenvalue weighted by atomic mass is 10.2. The number of sulfonamides is 1. The van der Waals surface area contributed by atoms with Gasteiger partial charge in [-0.15, -0.1) is 0 Å². The van der Waals surface area contributed by atoms with Crippen LogP contribution in [0.25, 0.3) is 6.08 Å². The predicted molar refractivity (Wildman–Crippen MR) is 108 cm³/mol. The van der Waals surface area contributed by atoms with E-state index in [0.717, 1.165) is 9.87 Å². The van der Waals surface area contributed by atoms with Gasteiger partial charge in [0, 0.05) is 11.1 Å². The van der Waals surface area contributed by atoms with Crippen LogP contribution in [0, 0.1) is 0 Å². The molecule has 0 aromatic heterocycles. The highest BCUT2D eigenvalue weighted by Gasteiger charge is 2.29. The number of benzene rings is 3. The van der Waals surface area contributed by atoms with Crippen LogP contribution < -0.4 is 4.31 Å². The third-order valence-corrected chi connectivity index (χ3v) is 5.75. The van der Waals surface area contributed by atoms with Crippen molar-refractivity contribution in [3.8, 4) is 0 Å². The summed E-state index contributed by atoms with van der Waals surface area (Å²) in [5.74, 6) is -0.667. The molecule has 0 unspecified atom stereocenters. The maximum Gasteiger partial charge on any atom is 0.271 e. The maximum absolute atomic E-state index is 13.1. The monoisotopic (exact) mass is 397 g/mol. The van der Waals surface area contributed by atoms with Crippen LogP contribution in [0.3, 0.4) is 0 Å². The average molecular weight is 398 g/mol. The van der Waals surface area contributed by atoms with Gasteiger partial charge in [0.25, 0.3) is 15.9 Å². The van der Waals surface area contributed by atoms with Crippen LogP contribution in [-0.2, 0) is 14.8 Å². The highest BCUT2D eigenvalue weighted by Crippen LogP contribution is 2.24. The van der Waals surface area contributed by atoms with Crippen molar-refractivity contribution in [1.29, 1.82) is 0 Å². The molecule has 136 valence electrons. The fourth-order valence-corrected chi connectivity index (χ4v) is 3.99. The number of para-hydroxylation sites is 1. The first-order valence-corrected chi connectivity index (χ1v) is 9.93. The molecule has 0 bridgehead atoms. The molecular formula is C21H16ClNO3S. The first-order chi connectivity index (χ1) is 13.0. The van der Waals surface area contributed by atoms with Crippen molar-refractivity contribution in [2.45, 2.75) is 4.90 Å². The minimum absolute atomic E-state index is 0.0436. The van der Waals surface area contributed by atoms with E-state index in [9.17, 15) is 13.2 Å². The van der Waals surface area contributed by atoms with Gasteiger partial charge >= 0.3 is 0 Å². The van der Waals surface area contributed by atoms with E-state index in [1.807, 2.05) is 0 Å². The van der Waals surface area contributed by atoms with Crippen molar-refractivity contribution in [2.75, 3.05) is 4.31 Å². The Balaban J connectivity index is 2.00. The van der Waals surface area contributed by atoms with E-state index in [1.54, 1.807) is 78.9 Å². The van der Waals surface area contributed by atoms with Crippen molar-refractivity contribution >= 4 is 39.3 Å². The highest BCUT2D eigenvalue weighted by atomic mass is 35.5. The van der Waals surface area contributed by atoms with E-state index in [-0.39, 0.29) is 10.6 Å². The SMILES string of the molecule is O=C(/C=C/c1ccc(Cl)cc1)N(c1ccccc1)S(=O)(=O)c1ccccc1. The summed E-state index contributed by atoms with van der Waals surface area (Å²) < 4.78 is 27.0. The van der Waals surface area contributed by atoms with Gasteiger partial charge in [-0.3, -0.25) is 4.79 Å². The molecule has 3 aromatic carbocycles. The second-order valence-corrected chi connectivity index (χ2v) is 7.86. The molecule has 0 aliphatic carbocycles. The molecular weight excluding hydrogens is 382 g/mol. The molecule has 1 amide bonds. The van der Waals surface area contributed by atoms with Crippen molar-refractivity contribution in [3.05, 3.63) is 102 Å². The van der Waals surface area contributed by atoms with Crippen LogP contribution in [0.15, 0.2) is 95.9 Å². The number of rotatable bonds is 5. The summed E-state index contributed by atoms with van der Waals surface area (Å²) in [6, 6.07) is 23.0. The van der Waals surface area contributed by atoms with Crippen LogP contribution in [-0.4, -0.2) is 14.3 Å². The summed E-state index contributed by atoms with van der Waals surface area (Å²) in [7, 11) is -4.05. The smallest absolute Gasteiger partial charge is 0.268 e. The molecule has 6 heteroatoms. The molecule has 0 radical (unpaired) electrons. The summed E-state index contributed by atoms with van der Waals surface area (Å²) in [6.07, 6.45) is 2.78. The molecule has 3 aromatic rings. The lowest BCUT2D eigenvalue weighted by Gasteiger charge is -2.21. The number of amides is 1. The Morgan fingerprint density at radius 2 is 1.37 bits per heavy atom. The second-order valence-electron chi connectivity index (χ2n) is 5.64. The van der Waals surface area contributed by atoms with Gasteiger partial charge in [0.05, 0.1) is 10.6 Å². The number of carbonyl (C=O) groups is 1. The van der Waals surface area contributed by atoms with Crippen LogP contribution >= 0.6 is 11.6 Å². The van der Waals surface area contributed by atoms with Crippen LogP contribution in [0.5, 0.6) is 0 Å². The number of nitrogens with zero attached hydrogens (tertiary/aromatic N) is 1. The quantitative estimate of drug-likeness (QED) is 0.582. The van der Waals surface area contributed by atoms with Crippen LogP contribution in [0.2, 0.25) is 5.02 Å². The summed E-state index contributed by atoms with van der Waals surface area (Å²) in [5, 5.41) is 0.580. The van der Waals surface area contributed by atoms with E-state index in [0.29, 0.717) is 5.02 Å². The Morgan fingerprint density at radius 3 is 1.96 bits per heavy atom. The van der Waals surface area contributed by atoms with E-state index in [4.69, 9.17) is 11.6 Å². The summed E-state index contributed by atoms with van der Waals surface area (Å²) in [5.41, 5.74) is 1.00. The van der Waals surface area contributed by atoms with E-state index >= 15 is 0 Å². The first-order valence-electron chi connectivity index (χ1n) is 8.11. The fourth-order valence-electron chi connectivity index (χ4n) is 2.45. The molecule has 0 aliphatic rings. The third kappa shape index (κ3) is 4.45. The van der Waals surface area contributed by atoms with E-state index < -0.39 is 15.9 Å². The van der Waals surface area contributed by atoms with Gasteiger partial charge in [-0.25, -0.2) is 8.42 Å². The molecule has 4 nitrogen and oxygen atoms in total. The highest BCUT2D eigenvalue weighted by molar-refractivity contribution is 7.93. The Kier molecular flexibility index (Phi) is 5.74. The van der Waals surface area contributed by atoms with Gasteiger partial charge in [0.2, 0.25) is 0 Å². The normalized spacial score (nSPS) is 11.4. The minimum Gasteiger partial charge on any atom is -0.268 e. The van der Waals surface area contributed by atoms with Gasteiger partial charge < -0.3 is 0 Å². The molecule has 0 spiro atoms. The molecule has 0 N–H and O–H groups in total. The number of anilines is 1. The molecule has 3 rings (SSSR count). The zero-order valence-corrected chi connectivity index (χ0v) is 15.8. The molecule has 0 fully saturated rings. The predicted octanol–water partition coefficient (Wildman–Crippen LogP) is 4.78. The zero-order chi connectivity index (χ0) is 19.3. The standard InChI is InChI=1S/C21H16ClNO3S/c22-18-14-11-17(12-15-18)13-16-21(24)23(19-7-3-1-4-8-19)27(25,26)20-9-5-2-6-10-20/h1-16H/b16-13+. The number of halogens is 1. The Hall–Kier alpha value is -2.89. The molecule has 0 atom stereocenters. The zero-order valence-electron chi connectivity index (χ0n) is 14.2. The minimum atomic E-state index is -4.05. The van der Waals surface area contributed by atoms with Gasteiger partial charge in [-0.05, 0) is 48.0 Å². The Morgan fingerprint density at radius 1 is 0.815 bits per heavy atom. The Bertz CT molecular complexity index is 1050. The van der Waals surface area contributed by atoms with Crippen molar-refractivity contribution in [2.24, 2.45) is 0 Å². The van der Waals surface area contributed by atoms with Crippen LogP contribution in [0.4, 0.5) is 5.69 Å². The summed E-state index contributed by atoms with van der Waals surface area (Å²) in [4.78, 5) is 12.9. The van der Waals surface area contributed by atoms with Gasteiger partial charge in [-0.2, -0.15) is 4.31 Å². The lowest BCUT2D eigenvalue weighted by molar-refractivity contribution is -0.113. The van der Waals surface area contributed by atoms with Gasteiger partial charge in [-0.1, -0.05) is 60.1 Å². The van der Waals surface area contributed by atoms with Crippen LogP contribution in [0.1, 0.15) is 5.56 Å². The van der Waals surface area contributed by atoms with Crippen molar-refractivity contribution in [3.63, 3.8) is 0 Å². The maximum atomic E-state index is 13.1. The fraction of sp³-hybridized carbons (Fsp3) is 0. The van der Waals surface area contributed by atoms with E-state index in [1.165, 1.54) is 18.2 Å². The largest absolute Gasteiger partial charge is 0.271 e. The van der Waals surface area contributed by atoms with Gasteiger partial charge in [0.1, 0.15) is 0 Å². The van der Waals surface area contributed by atoms with Crippen molar-refractivity contribution < 1.29 is 13.2 Å². The number of carbonyl (C=O) groups excluding carboxylic acids is 1. The van der Waals surface area contributed by atoms with E-state index in [2.05, 4.69) is 0 Å². The number of hydrogen-bond acceptors (Lipinski definition) is 3. The first kappa shape index (κ1) is 18.9. The second kappa shape index (κ2) is 8.20. The number of hydrogen-bond donors (Lipinski definition) is 0. The molecule has 0 heterocycles. The van der Waals surface area contributed by atoms with Crippen molar-refractivity contribution in [1.82, 2.24) is 0 Å². The third-order valence-electron chi connectivity index (χ3n) is 3.76. The molecule has 0 saturated heterocycles. The molecule has 0 saturated carbocycles. The van der Waals surface area contributed by atoms with Gasteiger partial charge in [0.15, 0.2) is 0 Å². The lowest BCUT2D eigenvalue weighted by Crippen LogP contribution is -2.35. The Labute approximate surface area is 163 Å². The topological polar surface area (TPSA) is 54.5 Å². The summed E-state index contributed by atoms with van der Waals surface area (Å²) >= 11 is 5.85. The molecule has 0 aliphatic heterocycles. The molecule has 27 heavy (non-hydrogen) atoms.